The fraction of sp³-hybridized carbons (Fsp3) is 0.348. The van der Waals surface area contributed by atoms with E-state index in [1.54, 1.807) is 6.07 Å². The van der Waals surface area contributed by atoms with Crippen LogP contribution in [0.15, 0.2) is 36.5 Å². The van der Waals surface area contributed by atoms with E-state index in [1.165, 1.54) is 6.07 Å². The number of hydrogen-bond donors (Lipinski definition) is 3. The van der Waals surface area contributed by atoms with Crippen molar-refractivity contribution in [3.63, 3.8) is 0 Å². The number of alkyl halides is 3. The number of benzene rings is 2. The van der Waals surface area contributed by atoms with Crippen molar-refractivity contribution in [2.75, 3.05) is 6.61 Å². The summed E-state index contributed by atoms with van der Waals surface area (Å²) in [7, 11) is 0. The molecule has 9 heteroatoms. The van der Waals surface area contributed by atoms with Crippen LogP contribution in [0, 0.1) is 5.41 Å². The van der Waals surface area contributed by atoms with Crippen molar-refractivity contribution >= 4 is 28.2 Å². The van der Waals surface area contributed by atoms with Crippen molar-refractivity contribution in [3.05, 3.63) is 58.2 Å². The lowest BCUT2D eigenvalue weighted by Crippen LogP contribution is -2.23. The number of nitrogens with one attached hydrogen (secondary N) is 1. The molecule has 0 spiro atoms. The van der Waals surface area contributed by atoms with Gasteiger partial charge in [0.05, 0.1) is 18.2 Å². The number of fused-ring (bicyclic) bond motifs is 1. The Bertz CT molecular complexity index is 1130. The maximum atomic E-state index is 12.9. The first-order chi connectivity index (χ1) is 15.2. The van der Waals surface area contributed by atoms with Crippen LogP contribution in [0.4, 0.5) is 13.2 Å². The molecule has 3 rings (SSSR count). The van der Waals surface area contributed by atoms with E-state index in [-0.39, 0.29) is 18.8 Å². The van der Waals surface area contributed by atoms with Gasteiger partial charge in [0.2, 0.25) is 0 Å². The van der Waals surface area contributed by atoms with Crippen LogP contribution < -0.4 is 4.74 Å². The topological polar surface area (TPSA) is 78.5 Å². The number of aliphatic hydroxyl groups is 1. The first-order valence-electron chi connectivity index (χ1n) is 10.2. The number of phenols is 1. The maximum absolute atomic E-state index is 12.9. The summed E-state index contributed by atoms with van der Waals surface area (Å²) in [4.78, 5) is 0. The smallest absolute Gasteiger partial charge is 0.433 e. The molecule has 2 aromatic carbocycles. The van der Waals surface area contributed by atoms with Crippen LogP contribution in [0.25, 0.3) is 10.9 Å². The second kappa shape index (κ2) is 9.83. The standard InChI is InChI=1S/C23H24ClF3N2O3/c1-2-4-16-19(8-6-17(21(16)31)22(28)23(25,26)27)32-12-3-10-29-11-9-15-18(29)7-5-14(13-30)20(15)24/h5-9,11,28,30-31H,2-4,10,12-13H2,1H3. The molecule has 3 N–H and O–H groups in total. The minimum atomic E-state index is -4.84. The van der Waals surface area contributed by atoms with Gasteiger partial charge in [-0.25, -0.2) is 0 Å². The predicted octanol–water partition coefficient (Wildman–Crippen LogP) is 5.84. The number of aliphatic hydroxyl groups excluding tert-OH is 1. The van der Waals surface area contributed by atoms with E-state index >= 15 is 0 Å². The minimum Gasteiger partial charge on any atom is -0.507 e. The summed E-state index contributed by atoms with van der Waals surface area (Å²) >= 11 is 6.31. The molecule has 0 fully saturated rings. The van der Waals surface area contributed by atoms with E-state index in [4.69, 9.17) is 21.7 Å². The van der Waals surface area contributed by atoms with Crippen molar-refractivity contribution < 1.29 is 28.1 Å². The molecule has 0 aliphatic carbocycles. The van der Waals surface area contributed by atoms with E-state index in [2.05, 4.69) is 0 Å². The third-order valence-corrected chi connectivity index (χ3v) is 5.68. The summed E-state index contributed by atoms with van der Waals surface area (Å²) in [5.41, 5.74) is -0.279. The first kappa shape index (κ1) is 23.9. The number of aromatic nitrogens is 1. The van der Waals surface area contributed by atoms with Gasteiger partial charge < -0.3 is 19.5 Å². The second-order valence-electron chi connectivity index (χ2n) is 7.40. The zero-order chi connectivity index (χ0) is 23.5. The van der Waals surface area contributed by atoms with E-state index < -0.39 is 23.2 Å². The van der Waals surface area contributed by atoms with E-state index in [0.717, 1.165) is 17.0 Å². The number of aryl methyl sites for hydroxylation is 1. The number of hydrogen-bond acceptors (Lipinski definition) is 4. The third-order valence-electron chi connectivity index (χ3n) is 5.23. The number of phenolic OH excluding ortho intramolecular Hbond substituents is 1. The van der Waals surface area contributed by atoms with Crippen molar-refractivity contribution in [3.8, 4) is 11.5 Å². The number of aromatic hydroxyl groups is 1. The monoisotopic (exact) mass is 468 g/mol. The summed E-state index contributed by atoms with van der Waals surface area (Å²) in [6, 6.07) is 7.99. The molecular weight excluding hydrogens is 445 g/mol. The first-order valence-corrected chi connectivity index (χ1v) is 10.6. The number of halogens is 4. The molecule has 0 aliphatic heterocycles. The molecule has 0 atom stereocenters. The molecule has 0 unspecified atom stereocenters. The summed E-state index contributed by atoms with van der Waals surface area (Å²) in [5.74, 6) is -0.242. The van der Waals surface area contributed by atoms with Crippen LogP contribution in [0.3, 0.4) is 0 Å². The lowest BCUT2D eigenvalue weighted by molar-refractivity contribution is -0.0588. The average Bonchev–Trinajstić information content (AvgIpc) is 3.16. The summed E-state index contributed by atoms with van der Waals surface area (Å²) < 4.78 is 46.5. The molecule has 0 aliphatic rings. The van der Waals surface area contributed by atoms with Gasteiger partial charge in [0, 0.05) is 34.8 Å². The largest absolute Gasteiger partial charge is 0.507 e. The lowest BCUT2D eigenvalue weighted by atomic mass is 10.00. The maximum Gasteiger partial charge on any atom is 0.433 e. The van der Waals surface area contributed by atoms with Crippen LogP contribution >= 0.6 is 11.6 Å². The minimum absolute atomic E-state index is 0.137. The fourth-order valence-corrected chi connectivity index (χ4v) is 3.90. The van der Waals surface area contributed by atoms with Gasteiger partial charge in [-0.05, 0) is 42.7 Å². The molecule has 3 aromatic rings. The molecule has 0 saturated carbocycles. The van der Waals surface area contributed by atoms with Crippen LogP contribution in [0.1, 0.15) is 36.5 Å². The third kappa shape index (κ3) is 4.86. The van der Waals surface area contributed by atoms with Crippen LogP contribution in [0.5, 0.6) is 11.5 Å². The number of rotatable bonds is 9. The lowest BCUT2D eigenvalue weighted by Gasteiger charge is -2.17. The Morgan fingerprint density at radius 2 is 1.94 bits per heavy atom. The van der Waals surface area contributed by atoms with Gasteiger partial charge in [0.1, 0.15) is 17.2 Å². The van der Waals surface area contributed by atoms with Crippen molar-refractivity contribution in [1.29, 1.82) is 5.41 Å². The fourth-order valence-electron chi connectivity index (χ4n) is 3.61. The van der Waals surface area contributed by atoms with Crippen molar-refractivity contribution in [2.24, 2.45) is 0 Å². The van der Waals surface area contributed by atoms with Gasteiger partial charge in [-0.3, -0.25) is 5.41 Å². The average molecular weight is 469 g/mol. The molecule has 0 saturated heterocycles. The Morgan fingerprint density at radius 3 is 2.59 bits per heavy atom. The van der Waals surface area contributed by atoms with Gasteiger partial charge in [-0.15, -0.1) is 0 Å². The molecule has 32 heavy (non-hydrogen) atoms. The van der Waals surface area contributed by atoms with E-state index in [9.17, 15) is 23.4 Å². The Labute approximate surface area is 188 Å². The molecule has 172 valence electrons. The summed E-state index contributed by atoms with van der Waals surface area (Å²) in [6.07, 6.45) is -1.42. The summed E-state index contributed by atoms with van der Waals surface area (Å²) in [5, 5.41) is 28.4. The van der Waals surface area contributed by atoms with E-state index in [1.807, 2.05) is 29.8 Å². The highest BCUT2D eigenvalue weighted by Crippen LogP contribution is 2.36. The van der Waals surface area contributed by atoms with Crippen LogP contribution in [-0.2, 0) is 19.6 Å². The SMILES string of the molecule is CCCc1c(OCCCn2ccc3c(Cl)c(CO)ccc32)ccc(C(=N)C(F)(F)F)c1O. The van der Waals surface area contributed by atoms with Gasteiger partial charge >= 0.3 is 6.18 Å². The van der Waals surface area contributed by atoms with Crippen LogP contribution in [0.2, 0.25) is 5.02 Å². The zero-order valence-corrected chi connectivity index (χ0v) is 18.2. The number of nitrogens with zero attached hydrogens (tertiary/aromatic N) is 1. The molecule has 0 radical (unpaired) electrons. The second-order valence-corrected chi connectivity index (χ2v) is 7.78. The molecule has 1 heterocycles. The summed E-state index contributed by atoms with van der Waals surface area (Å²) in [6.45, 7) is 2.61. The zero-order valence-electron chi connectivity index (χ0n) is 17.5. The molecule has 5 nitrogen and oxygen atoms in total. The normalized spacial score (nSPS) is 11.8. The van der Waals surface area contributed by atoms with Gasteiger partial charge in [-0.2, -0.15) is 13.2 Å². The molecule has 0 amide bonds. The van der Waals surface area contributed by atoms with Crippen molar-refractivity contribution in [1.82, 2.24) is 4.57 Å². The van der Waals surface area contributed by atoms with Gasteiger partial charge in [0.15, 0.2) is 0 Å². The highest BCUT2D eigenvalue weighted by molar-refractivity contribution is 6.36. The van der Waals surface area contributed by atoms with Gasteiger partial charge in [-0.1, -0.05) is 31.0 Å². The Hall–Kier alpha value is -2.71. The quantitative estimate of drug-likeness (QED) is 0.272. The molecular formula is C23H24ClF3N2O3. The molecule has 0 bridgehead atoms. The Morgan fingerprint density at radius 1 is 1.19 bits per heavy atom. The van der Waals surface area contributed by atoms with Gasteiger partial charge in [0.25, 0.3) is 0 Å². The highest BCUT2D eigenvalue weighted by atomic mass is 35.5. The van der Waals surface area contributed by atoms with Crippen LogP contribution in [-0.4, -0.2) is 33.3 Å². The Balaban J connectivity index is 1.71. The molecule has 1 aromatic heterocycles. The number of ether oxygens (including phenoxy) is 1. The Kier molecular flexibility index (Phi) is 7.36. The predicted molar refractivity (Wildman–Crippen MR) is 118 cm³/mol. The van der Waals surface area contributed by atoms with Crippen molar-refractivity contribution in [2.45, 2.75) is 45.5 Å². The van der Waals surface area contributed by atoms with E-state index in [0.29, 0.717) is 42.1 Å². The highest BCUT2D eigenvalue weighted by Gasteiger charge is 2.37.